The van der Waals surface area contributed by atoms with Crippen LogP contribution < -0.4 is 14.2 Å². The second-order valence-electron chi connectivity index (χ2n) is 8.42. The van der Waals surface area contributed by atoms with E-state index in [4.69, 9.17) is 18.6 Å². The minimum atomic E-state index is -0.547. The third-order valence-electron chi connectivity index (χ3n) is 6.03. The SMILES string of the molecule is COc1ccc(C(=O)/C=C/c2ccc(OC(=O)c3c(-c4ccccc4)oc4ccc(OC)cc34)cc2)cc1. The lowest BCUT2D eigenvalue weighted by Gasteiger charge is -2.06. The normalized spacial score (nSPS) is 11.0. The fourth-order valence-corrected chi connectivity index (χ4v) is 4.03. The van der Waals surface area contributed by atoms with Crippen molar-refractivity contribution in [1.82, 2.24) is 0 Å². The Morgan fingerprint density at radius 2 is 1.39 bits per heavy atom. The van der Waals surface area contributed by atoms with Crippen molar-refractivity contribution in [2.75, 3.05) is 14.2 Å². The molecular weight excluding hydrogens is 480 g/mol. The highest BCUT2D eigenvalue weighted by Crippen LogP contribution is 2.36. The number of rotatable bonds is 8. The number of benzene rings is 4. The van der Waals surface area contributed by atoms with Gasteiger partial charge in [-0.2, -0.15) is 0 Å². The average Bonchev–Trinajstić information content (AvgIpc) is 3.36. The van der Waals surface area contributed by atoms with Crippen molar-refractivity contribution in [2.24, 2.45) is 0 Å². The van der Waals surface area contributed by atoms with Crippen LogP contribution in [-0.2, 0) is 0 Å². The van der Waals surface area contributed by atoms with Crippen LogP contribution in [0, 0.1) is 0 Å². The molecule has 5 rings (SSSR count). The fraction of sp³-hybridized carbons (Fsp3) is 0.0625. The van der Waals surface area contributed by atoms with Gasteiger partial charge in [-0.3, -0.25) is 4.79 Å². The Bertz CT molecular complexity index is 1610. The van der Waals surface area contributed by atoms with Gasteiger partial charge in [0.25, 0.3) is 0 Å². The second kappa shape index (κ2) is 10.9. The number of hydrogen-bond donors (Lipinski definition) is 0. The molecule has 1 aromatic heterocycles. The number of esters is 1. The molecular formula is C32H24O6. The van der Waals surface area contributed by atoms with Crippen molar-refractivity contribution >= 4 is 28.8 Å². The number of allylic oxidation sites excluding steroid dienone is 1. The Kier molecular flexibility index (Phi) is 7.04. The summed E-state index contributed by atoms with van der Waals surface area (Å²) >= 11 is 0. The summed E-state index contributed by atoms with van der Waals surface area (Å²) in [5, 5.41) is 0.602. The number of furan rings is 1. The fourth-order valence-electron chi connectivity index (χ4n) is 4.03. The molecule has 1 heterocycles. The van der Waals surface area contributed by atoms with Crippen LogP contribution in [0.2, 0.25) is 0 Å². The minimum Gasteiger partial charge on any atom is -0.497 e. The number of methoxy groups -OCH3 is 2. The summed E-state index contributed by atoms with van der Waals surface area (Å²) < 4.78 is 22.3. The summed E-state index contributed by atoms with van der Waals surface area (Å²) in [7, 11) is 3.15. The summed E-state index contributed by atoms with van der Waals surface area (Å²) in [6.45, 7) is 0. The van der Waals surface area contributed by atoms with Crippen molar-refractivity contribution in [3.8, 4) is 28.6 Å². The van der Waals surface area contributed by atoms with Gasteiger partial charge in [-0.15, -0.1) is 0 Å². The maximum Gasteiger partial charge on any atom is 0.348 e. The molecule has 38 heavy (non-hydrogen) atoms. The summed E-state index contributed by atoms with van der Waals surface area (Å²) in [5.74, 6) is 1.41. The highest BCUT2D eigenvalue weighted by atomic mass is 16.5. The zero-order chi connectivity index (χ0) is 26.5. The Labute approximate surface area is 219 Å². The maximum absolute atomic E-state index is 13.4. The zero-order valence-corrected chi connectivity index (χ0v) is 20.8. The topological polar surface area (TPSA) is 75.0 Å². The van der Waals surface area contributed by atoms with E-state index in [1.807, 2.05) is 30.3 Å². The smallest absolute Gasteiger partial charge is 0.348 e. The number of fused-ring (bicyclic) bond motifs is 1. The van der Waals surface area contributed by atoms with Crippen molar-refractivity contribution < 1.29 is 28.2 Å². The van der Waals surface area contributed by atoms with Crippen LogP contribution in [0.15, 0.2) is 108 Å². The molecule has 4 aromatic carbocycles. The molecule has 0 saturated carbocycles. The molecule has 6 nitrogen and oxygen atoms in total. The van der Waals surface area contributed by atoms with E-state index in [1.165, 1.54) is 6.08 Å². The van der Waals surface area contributed by atoms with E-state index < -0.39 is 5.97 Å². The lowest BCUT2D eigenvalue weighted by Crippen LogP contribution is -2.09. The van der Waals surface area contributed by atoms with Crippen molar-refractivity contribution in [3.63, 3.8) is 0 Å². The summed E-state index contributed by atoms with van der Waals surface area (Å²) in [6, 6.07) is 28.5. The average molecular weight is 505 g/mol. The molecule has 0 atom stereocenters. The van der Waals surface area contributed by atoms with E-state index in [2.05, 4.69) is 0 Å². The third-order valence-corrected chi connectivity index (χ3v) is 6.03. The first-order chi connectivity index (χ1) is 18.6. The van der Waals surface area contributed by atoms with Crippen LogP contribution in [0.25, 0.3) is 28.4 Å². The summed E-state index contributed by atoms with van der Waals surface area (Å²) in [6.07, 6.45) is 3.21. The van der Waals surface area contributed by atoms with E-state index in [1.54, 1.807) is 87.0 Å². The molecule has 0 amide bonds. The van der Waals surface area contributed by atoms with Gasteiger partial charge in [0.2, 0.25) is 0 Å². The quantitative estimate of drug-likeness (QED) is 0.0960. The molecule has 0 saturated heterocycles. The molecule has 0 aliphatic rings. The van der Waals surface area contributed by atoms with Gasteiger partial charge in [0.05, 0.1) is 14.2 Å². The first-order valence-electron chi connectivity index (χ1n) is 11.9. The van der Waals surface area contributed by atoms with Crippen LogP contribution in [-0.4, -0.2) is 26.0 Å². The van der Waals surface area contributed by atoms with Gasteiger partial charge in [0.15, 0.2) is 5.78 Å². The number of hydrogen-bond acceptors (Lipinski definition) is 6. The van der Waals surface area contributed by atoms with Crippen LogP contribution >= 0.6 is 0 Å². The lowest BCUT2D eigenvalue weighted by molar-refractivity contribution is 0.0736. The van der Waals surface area contributed by atoms with E-state index in [9.17, 15) is 9.59 Å². The maximum atomic E-state index is 13.4. The van der Waals surface area contributed by atoms with E-state index in [-0.39, 0.29) is 5.78 Å². The van der Waals surface area contributed by atoms with Crippen molar-refractivity contribution in [2.45, 2.75) is 0 Å². The van der Waals surface area contributed by atoms with E-state index >= 15 is 0 Å². The van der Waals surface area contributed by atoms with Crippen molar-refractivity contribution in [1.29, 1.82) is 0 Å². The molecule has 0 aliphatic heterocycles. The number of ketones is 1. The Morgan fingerprint density at radius 1 is 0.737 bits per heavy atom. The Balaban J connectivity index is 1.37. The summed E-state index contributed by atoms with van der Waals surface area (Å²) in [5.41, 5.74) is 2.98. The standard InChI is InChI=1S/C32H24O6/c1-35-24-15-11-22(12-16-24)28(33)18-10-21-8-13-25(14-9-21)37-32(34)30-27-20-26(36-2)17-19-29(27)38-31(30)23-6-4-3-5-7-23/h3-20H,1-2H3/b18-10+. The monoisotopic (exact) mass is 504 g/mol. The molecule has 0 aliphatic carbocycles. The second-order valence-corrected chi connectivity index (χ2v) is 8.42. The number of carbonyl (C=O) groups excluding carboxylic acids is 2. The van der Waals surface area contributed by atoms with Gasteiger partial charge in [0, 0.05) is 16.5 Å². The van der Waals surface area contributed by atoms with Crippen LogP contribution in [0.4, 0.5) is 0 Å². The summed E-state index contributed by atoms with van der Waals surface area (Å²) in [4.78, 5) is 25.8. The van der Waals surface area contributed by atoms with Gasteiger partial charge in [-0.1, -0.05) is 48.5 Å². The molecule has 6 heteroatoms. The van der Waals surface area contributed by atoms with Gasteiger partial charge in [-0.05, 0) is 66.2 Å². The molecule has 0 unspecified atom stereocenters. The molecule has 0 bridgehead atoms. The molecule has 0 radical (unpaired) electrons. The predicted molar refractivity (Wildman–Crippen MR) is 146 cm³/mol. The number of ether oxygens (including phenoxy) is 3. The highest BCUT2D eigenvalue weighted by Gasteiger charge is 2.24. The van der Waals surface area contributed by atoms with Gasteiger partial charge in [0.1, 0.15) is 34.2 Å². The Hall–Kier alpha value is -5.10. The molecule has 0 fully saturated rings. The molecule has 5 aromatic rings. The number of carbonyl (C=O) groups is 2. The van der Waals surface area contributed by atoms with Gasteiger partial charge >= 0.3 is 5.97 Å². The van der Waals surface area contributed by atoms with Crippen LogP contribution in [0.5, 0.6) is 17.2 Å². The first kappa shape index (κ1) is 24.6. The predicted octanol–water partition coefficient (Wildman–Crippen LogP) is 7.23. The largest absolute Gasteiger partial charge is 0.497 e. The molecule has 0 spiro atoms. The van der Waals surface area contributed by atoms with Crippen LogP contribution in [0.3, 0.4) is 0 Å². The first-order valence-corrected chi connectivity index (χ1v) is 11.9. The highest BCUT2D eigenvalue weighted by molar-refractivity contribution is 6.10. The lowest BCUT2D eigenvalue weighted by atomic mass is 10.1. The molecule has 0 N–H and O–H groups in total. The Morgan fingerprint density at radius 3 is 2.08 bits per heavy atom. The van der Waals surface area contributed by atoms with Gasteiger partial charge < -0.3 is 18.6 Å². The molecule has 188 valence electrons. The third kappa shape index (κ3) is 5.20. The van der Waals surface area contributed by atoms with E-state index in [0.717, 1.165) is 11.1 Å². The van der Waals surface area contributed by atoms with E-state index in [0.29, 0.717) is 45.1 Å². The minimum absolute atomic E-state index is 0.126. The van der Waals surface area contributed by atoms with Gasteiger partial charge in [-0.25, -0.2) is 4.79 Å². The van der Waals surface area contributed by atoms with Crippen molar-refractivity contribution in [3.05, 3.63) is 120 Å². The van der Waals surface area contributed by atoms with Crippen LogP contribution in [0.1, 0.15) is 26.3 Å². The zero-order valence-electron chi connectivity index (χ0n) is 20.8.